The zero-order chi connectivity index (χ0) is 27.1. The maximum atomic E-state index is 13.4. The number of quaternary nitrogens is 1. The average molecular weight is 582 g/mol. The fourth-order valence-corrected chi connectivity index (χ4v) is 9.56. The number of nitrogens with zero attached hydrogens (tertiary/aromatic N) is 2. The Morgan fingerprint density at radius 1 is 1.05 bits per heavy atom. The molecule has 1 aliphatic carbocycles. The highest BCUT2D eigenvalue weighted by molar-refractivity contribution is 7.89. The van der Waals surface area contributed by atoms with Crippen LogP contribution in [0.25, 0.3) is 20.8 Å². The SMILES string of the molecule is CN(C1CCCCC1)S(=O)(=O)c1ccc(C(=O)Nc2sc3c(c2-c2nc4ccccc4s2)CC[NH+](C)C3)cc1. The molecule has 10 heteroatoms. The third-order valence-corrected chi connectivity index (χ3v) is 12.1. The van der Waals surface area contributed by atoms with E-state index in [0.717, 1.165) is 71.0 Å². The van der Waals surface area contributed by atoms with Crippen molar-refractivity contribution in [3.05, 3.63) is 64.5 Å². The van der Waals surface area contributed by atoms with E-state index in [9.17, 15) is 13.2 Å². The van der Waals surface area contributed by atoms with Crippen LogP contribution in [0.5, 0.6) is 0 Å². The molecule has 1 aliphatic heterocycles. The van der Waals surface area contributed by atoms with E-state index >= 15 is 0 Å². The Bertz CT molecular complexity index is 1590. The van der Waals surface area contributed by atoms with Crippen molar-refractivity contribution in [2.75, 3.05) is 26.0 Å². The molecule has 0 spiro atoms. The number of para-hydroxylation sites is 1. The van der Waals surface area contributed by atoms with Crippen molar-refractivity contribution < 1.29 is 18.1 Å². The standard InChI is InChI=1S/C29H32N4O3S3/c1-32-17-16-22-25(18-32)38-29(26(22)28-30-23-10-6-7-11-24(23)37-28)31-27(34)19-12-14-21(15-13-19)39(35,36)33(2)20-8-4-3-5-9-20/h6-7,10-15,20H,3-5,8-9,16-18H2,1-2H3,(H,31,34)/p+1. The molecule has 1 amide bonds. The van der Waals surface area contributed by atoms with Gasteiger partial charge >= 0.3 is 0 Å². The summed E-state index contributed by atoms with van der Waals surface area (Å²) in [5.74, 6) is -0.249. The molecular formula is C29H33N4O3S3+. The van der Waals surface area contributed by atoms with Crippen LogP contribution in [0.2, 0.25) is 0 Å². The zero-order valence-electron chi connectivity index (χ0n) is 22.2. The minimum absolute atomic E-state index is 0.0402. The molecule has 1 atom stereocenters. The van der Waals surface area contributed by atoms with E-state index in [1.54, 1.807) is 54.0 Å². The smallest absolute Gasteiger partial charge is 0.256 e. The topological polar surface area (TPSA) is 83.8 Å². The second-order valence-corrected chi connectivity index (χ2v) is 14.8. The summed E-state index contributed by atoms with van der Waals surface area (Å²) >= 11 is 3.28. The van der Waals surface area contributed by atoms with Crippen molar-refractivity contribution >= 4 is 53.8 Å². The maximum absolute atomic E-state index is 13.4. The van der Waals surface area contributed by atoms with Gasteiger partial charge in [-0.2, -0.15) is 4.31 Å². The lowest BCUT2D eigenvalue weighted by Crippen LogP contribution is -3.08. The van der Waals surface area contributed by atoms with Gasteiger partial charge in [0.15, 0.2) is 0 Å². The van der Waals surface area contributed by atoms with Gasteiger partial charge in [-0.05, 0) is 54.8 Å². The van der Waals surface area contributed by atoms with Gasteiger partial charge in [0.05, 0.1) is 33.6 Å². The number of amides is 1. The van der Waals surface area contributed by atoms with Crippen LogP contribution in [0.3, 0.4) is 0 Å². The molecule has 204 valence electrons. The van der Waals surface area contributed by atoms with Gasteiger partial charge in [-0.3, -0.25) is 4.79 Å². The van der Waals surface area contributed by atoms with E-state index in [1.807, 2.05) is 18.2 Å². The molecule has 2 aliphatic rings. The lowest BCUT2D eigenvalue weighted by Gasteiger charge is -2.30. The van der Waals surface area contributed by atoms with E-state index in [4.69, 9.17) is 4.98 Å². The van der Waals surface area contributed by atoms with Crippen LogP contribution in [0.4, 0.5) is 5.00 Å². The van der Waals surface area contributed by atoms with E-state index in [1.165, 1.54) is 26.1 Å². The Hall–Kier alpha value is -2.63. The van der Waals surface area contributed by atoms with Crippen LogP contribution in [0.15, 0.2) is 53.4 Å². The summed E-state index contributed by atoms with van der Waals surface area (Å²) in [6.45, 7) is 1.97. The zero-order valence-corrected chi connectivity index (χ0v) is 24.6. The fraction of sp³-hybridized carbons (Fsp3) is 0.379. The number of thiazole rings is 1. The Morgan fingerprint density at radius 2 is 1.79 bits per heavy atom. The Labute approximate surface area is 237 Å². The number of nitrogens with one attached hydrogen (secondary N) is 2. The number of aromatic nitrogens is 1. The van der Waals surface area contributed by atoms with Crippen LogP contribution in [-0.2, 0) is 23.0 Å². The first-order chi connectivity index (χ1) is 18.8. The molecule has 0 bridgehead atoms. The van der Waals surface area contributed by atoms with Crippen molar-refractivity contribution in [2.24, 2.45) is 0 Å². The highest BCUT2D eigenvalue weighted by Crippen LogP contribution is 2.44. The Morgan fingerprint density at radius 3 is 2.54 bits per heavy atom. The number of hydrogen-bond donors (Lipinski definition) is 2. The van der Waals surface area contributed by atoms with Gasteiger partial charge in [0.2, 0.25) is 10.0 Å². The number of fused-ring (bicyclic) bond motifs is 2. The molecule has 1 fully saturated rings. The number of sulfonamides is 1. The molecular weight excluding hydrogens is 549 g/mol. The number of hydrogen-bond acceptors (Lipinski definition) is 6. The van der Waals surface area contributed by atoms with Crippen molar-refractivity contribution in [1.29, 1.82) is 0 Å². The number of carbonyl (C=O) groups excluding carboxylic acids is 1. The van der Waals surface area contributed by atoms with Gasteiger partial charge in [-0.15, -0.1) is 22.7 Å². The molecule has 0 saturated heterocycles. The predicted molar refractivity (Wildman–Crippen MR) is 158 cm³/mol. The summed E-state index contributed by atoms with van der Waals surface area (Å²) in [7, 11) is 0.259. The number of benzene rings is 2. The number of likely N-dealkylation sites (N-methyl/N-ethyl adjacent to an activating group) is 1. The van der Waals surface area contributed by atoms with Gasteiger partial charge < -0.3 is 10.2 Å². The van der Waals surface area contributed by atoms with Crippen LogP contribution < -0.4 is 10.2 Å². The first-order valence-electron chi connectivity index (χ1n) is 13.5. The lowest BCUT2D eigenvalue weighted by molar-refractivity contribution is -0.895. The van der Waals surface area contributed by atoms with Crippen molar-refractivity contribution in [1.82, 2.24) is 9.29 Å². The summed E-state index contributed by atoms with van der Waals surface area (Å²) in [5.41, 5.74) is 3.71. The Kier molecular flexibility index (Phi) is 7.32. The molecule has 2 aromatic carbocycles. The summed E-state index contributed by atoms with van der Waals surface area (Å²) in [6, 6.07) is 14.5. The van der Waals surface area contributed by atoms with E-state index in [2.05, 4.69) is 18.4 Å². The normalized spacial score (nSPS) is 18.4. The van der Waals surface area contributed by atoms with Gasteiger partial charge in [-0.1, -0.05) is 31.4 Å². The van der Waals surface area contributed by atoms with E-state index in [0.29, 0.717) is 5.56 Å². The molecule has 4 aromatic rings. The number of carbonyl (C=O) groups is 1. The van der Waals surface area contributed by atoms with Crippen molar-refractivity contribution in [3.63, 3.8) is 0 Å². The van der Waals surface area contributed by atoms with Gasteiger partial charge in [-0.25, -0.2) is 13.4 Å². The summed E-state index contributed by atoms with van der Waals surface area (Å²) < 4.78 is 29.1. The second kappa shape index (κ2) is 10.7. The number of thiophene rings is 1. The highest BCUT2D eigenvalue weighted by Gasteiger charge is 2.30. The van der Waals surface area contributed by atoms with E-state index in [-0.39, 0.29) is 16.8 Å². The average Bonchev–Trinajstić information content (AvgIpc) is 3.53. The van der Waals surface area contributed by atoms with Crippen LogP contribution in [0, 0.1) is 0 Å². The minimum atomic E-state index is -3.61. The van der Waals surface area contributed by atoms with E-state index < -0.39 is 10.0 Å². The molecule has 7 nitrogen and oxygen atoms in total. The van der Waals surface area contributed by atoms with Gasteiger partial charge in [0, 0.05) is 30.6 Å². The highest BCUT2D eigenvalue weighted by atomic mass is 32.2. The molecule has 1 unspecified atom stereocenters. The predicted octanol–water partition coefficient (Wildman–Crippen LogP) is 4.80. The summed E-state index contributed by atoms with van der Waals surface area (Å²) in [4.78, 5) is 21.3. The molecule has 0 radical (unpaired) electrons. The van der Waals surface area contributed by atoms with Crippen LogP contribution in [-0.4, -0.2) is 50.3 Å². The molecule has 3 heterocycles. The molecule has 1 saturated carbocycles. The van der Waals surface area contributed by atoms with Gasteiger partial charge in [0.25, 0.3) is 5.91 Å². The maximum Gasteiger partial charge on any atom is 0.256 e. The van der Waals surface area contributed by atoms with Gasteiger partial charge in [0.1, 0.15) is 16.6 Å². The number of anilines is 1. The Balaban J connectivity index is 1.27. The first-order valence-corrected chi connectivity index (χ1v) is 16.6. The molecule has 2 aromatic heterocycles. The quantitative estimate of drug-likeness (QED) is 0.343. The third-order valence-electron chi connectivity index (χ3n) is 7.97. The molecule has 2 N–H and O–H groups in total. The number of rotatable bonds is 6. The third kappa shape index (κ3) is 5.16. The largest absolute Gasteiger partial charge is 0.333 e. The second-order valence-electron chi connectivity index (χ2n) is 10.6. The van der Waals surface area contributed by atoms with Crippen LogP contribution in [0.1, 0.15) is 52.9 Å². The lowest BCUT2D eigenvalue weighted by atomic mass is 9.96. The van der Waals surface area contributed by atoms with Crippen molar-refractivity contribution in [3.8, 4) is 10.6 Å². The molecule has 6 rings (SSSR count). The molecule has 39 heavy (non-hydrogen) atoms. The first kappa shape index (κ1) is 26.6. The summed E-state index contributed by atoms with van der Waals surface area (Å²) in [6.07, 6.45) is 6.03. The summed E-state index contributed by atoms with van der Waals surface area (Å²) in [5, 5.41) is 4.89. The van der Waals surface area contributed by atoms with Crippen molar-refractivity contribution in [2.45, 2.75) is 56.0 Å². The fourth-order valence-electron chi connectivity index (χ4n) is 5.67. The monoisotopic (exact) mass is 581 g/mol. The van der Waals surface area contributed by atoms with Crippen LogP contribution >= 0.6 is 22.7 Å². The minimum Gasteiger partial charge on any atom is -0.333 e.